The highest BCUT2D eigenvalue weighted by Gasteiger charge is 2.37. The van der Waals surface area contributed by atoms with Gasteiger partial charge in [0.1, 0.15) is 0 Å². The van der Waals surface area contributed by atoms with Crippen molar-refractivity contribution >= 4 is 34.1 Å². The Bertz CT molecular complexity index is 1640. The van der Waals surface area contributed by atoms with Gasteiger partial charge in [0.25, 0.3) is 5.56 Å². The summed E-state index contributed by atoms with van der Waals surface area (Å²) in [4.78, 5) is 17.2. The largest absolute Gasteiger partial charge is 0.374 e. The van der Waals surface area contributed by atoms with Crippen LogP contribution in [0.5, 0.6) is 0 Å². The third-order valence-corrected chi connectivity index (χ3v) is 7.14. The van der Waals surface area contributed by atoms with Crippen molar-refractivity contribution < 1.29 is 5.11 Å². The number of hydrogen-bond acceptors (Lipinski definition) is 3. The van der Waals surface area contributed by atoms with Crippen LogP contribution in [-0.2, 0) is 12.6 Å². The number of aromatic nitrogens is 3. The summed E-state index contributed by atoms with van der Waals surface area (Å²) in [6, 6.07) is 21.9. The second-order valence-electron chi connectivity index (χ2n) is 9.19. The molecule has 0 radical (unpaired) electrons. The molecule has 0 aliphatic carbocycles. The van der Waals surface area contributed by atoms with Gasteiger partial charge < -0.3 is 14.2 Å². The fraction of sp³-hybridized carbons (Fsp3) is 0.172. The summed E-state index contributed by atoms with van der Waals surface area (Å²) in [6.07, 6.45) is 3.42. The SMILES string of the molecule is CC(C)n1cncc1C(O)(c1ccc(Cl)cc1)c1ccc2c(c1)c(-c1cccc(Cl)c1)cc(=O)n2C. The molecule has 5 nitrogen and oxygen atoms in total. The Hall–Kier alpha value is -3.38. The lowest BCUT2D eigenvalue weighted by molar-refractivity contribution is 0.115. The van der Waals surface area contributed by atoms with E-state index >= 15 is 0 Å². The first-order valence-corrected chi connectivity index (χ1v) is 12.4. The zero-order valence-electron chi connectivity index (χ0n) is 20.1. The van der Waals surface area contributed by atoms with Gasteiger partial charge in [0.05, 0.1) is 23.7 Å². The van der Waals surface area contributed by atoms with Crippen LogP contribution in [0.4, 0.5) is 0 Å². The number of aliphatic hydroxyl groups is 1. The van der Waals surface area contributed by atoms with Crippen molar-refractivity contribution in [3.8, 4) is 11.1 Å². The molecule has 1 N–H and O–H groups in total. The first-order valence-electron chi connectivity index (χ1n) is 11.6. The van der Waals surface area contributed by atoms with Gasteiger partial charge in [-0.2, -0.15) is 0 Å². The molecule has 1 atom stereocenters. The monoisotopic (exact) mass is 517 g/mol. The summed E-state index contributed by atoms with van der Waals surface area (Å²) >= 11 is 12.5. The third-order valence-electron chi connectivity index (χ3n) is 6.65. The molecule has 7 heteroatoms. The van der Waals surface area contributed by atoms with Crippen LogP contribution in [0.3, 0.4) is 0 Å². The Balaban J connectivity index is 1.85. The molecule has 36 heavy (non-hydrogen) atoms. The zero-order chi connectivity index (χ0) is 25.6. The van der Waals surface area contributed by atoms with Crippen LogP contribution in [0.2, 0.25) is 10.0 Å². The first kappa shape index (κ1) is 24.3. The molecular weight excluding hydrogens is 493 g/mol. The lowest BCUT2D eigenvalue weighted by Crippen LogP contribution is -2.32. The Morgan fingerprint density at radius 3 is 2.33 bits per heavy atom. The highest BCUT2D eigenvalue weighted by Crippen LogP contribution is 2.40. The maximum atomic E-state index is 12.8. The smallest absolute Gasteiger partial charge is 0.251 e. The zero-order valence-corrected chi connectivity index (χ0v) is 21.6. The van der Waals surface area contributed by atoms with Crippen molar-refractivity contribution in [3.63, 3.8) is 0 Å². The molecule has 0 aliphatic heterocycles. The van der Waals surface area contributed by atoms with E-state index in [2.05, 4.69) is 4.98 Å². The highest BCUT2D eigenvalue weighted by atomic mass is 35.5. The fourth-order valence-corrected chi connectivity index (χ4v) is 5.05. The van der Waals surface area contributed by atoms with Crippen molar-refractivity contribution in [2.24, 2.45) is 7.05 Å². The average Bonchev–Trinajstić information content (AvgIpc) is 3.37. The molecule has 5 aromatic rings. The van der Waals surface area contributed by atoms with E-state index in [4.69, 9.17) is 23.2 Å². The van der Waals surface area contributed by atoms with Gasteiger partial charge in [-0.05, 0) is 72.5 Å². The molecule has 0 fully saturated rings. The van der Waals surface area contributed by atoms with Gasteiger partial charge in [-0.25, -0.2) is 4.98 Å². The second kappa shape index (κ2) is 9.25. The minimum atomic E-state index is -1.53. The molecule has 0 aliphatic rings. The second-order valence-corrected chi connectivity index (χ2v) is 10.1. The first-order chi connectivity index (χ1) is 17.2. The number of hydrogen-bond donors (Lipinski definition) is 1. The molecule has 3 aromatic carbocycles. The molecule has 5 rings (SSSR count). The molecule has 0 amide bonds. The van der Waals surface area contributed by atoms with Gasteiger partial charge in [0.15, 0.2) is 5.60 Å². The number of imidazole rings is 1. The molecule has 0 saturated carbocycles. The summed E-state index contributed by atoms with van der Waals surface area (Å²) in [5.41, 5.74) is 2.59. The summed E-state index contributed by atoms with van der Waals surface area (Å²) in [6.45, 7) is 4.09. The Kier molecular flexibility index (Phi) is 6.25. The van der Waals surface area contributed by atoms with Gasteiger partial charge in [-0.3, -0.25) is 4.79 Å². The van der Waals surface area contributed by atoms with Crippen LogP contribution in [0, 0.1) is 0 Å². The summed E-state index contributed by atoms with van der Waals surface area (Å²) in [5, 5.41) is 14.5. The molecule has 1 unspecified atom stereocenters. The van der Waals surface area contributed by atoms with Crippen molar-refractivity contribution in [1.82, 2.24) is 14.1 Å². The van der Waals surface area contributed by atoms with Gasteiger partial charge >= 0.3 is 0 Å². The minimum Gasteiger partial charge on any atom is -0.374 e. The van der Waals surface area contributed by atoms with Crippen molar-refractivity contribution in [2.45, 2.75) is 25.5 Å². The normalized spacial score (nSPS) is 13.3. The van der Waals surface area contributed by atoms with Gasteiger partial charge in [-0.1, -0.05) is 53.5 Å². The minimum absolute atomic E-state index is 0.0737. The maximum absolute atomic E-state index is 12.8. The van der Waals surface area contributed by atoms with E-state index in [1.807, 2.05) is 66.9 Å². The quantitative estimate of drug-likeness (QED) is 0.286. The van der Waals surface area contributed by atoms with Gasteiger partial charge in [0, 0.05) is 34.6 Å². The van der Waals surface area contributed by atoms with Crippen LogP contribution in [-0.4, -0.2) is 19.2 Å². The molecule has 0 saturated heterocycles. The maximum Gasteiger partial charge on any atom is 0.251 e. The molecule has 182 valence electrons. The Morgan fingerprint density at radius 2 is 1.64 bits per heavy atom. The number of rotatable bonds is 5. The van der Waals surface area contributed by atoms with E-state index in [0.717, 1.165) is 22.0 Å². The van der Waals surface area contributed by atoms with Crippen LogP contribution in [0.1, 0.15) is 36.7 Å². The molecule has 2 heterocycles. The lowest BCUT2D eigenvalue weighted by atomic mass is 9.82. The molecule has 0 bridgehead atoms. The Labute approximate surface area is 219 Å². The van der Waals surface area contributed by atoms with Crippen LogP contribution >= 0.6 is 23.2 Å². The van der Waals surface area contributed by atoms with Crippen molar-refractivity contribution in [1.29, 1.82) is 0 Å². The molecule has 0 spiro atoms. The average molecular weight is 518 g/mol. The Morgan fingerprint density at radius 1 is 0.917 bits per heavy atom. The number of nitrogens with zero attached hydrogens (tertiary/aromatic N) is 3. The van der Waals surface area contributed by atoms with E-state index in [1.54, 1.807) is 48.4 Å². The summed E-state index contributed by atoms with van der Waals surface area (Å²) in [5.74, 6) is 0. The predicted molar refractivity (Wildman–Crippen MR) is 146 cm³/mol. The van der Waals surface area contributed by atoms with Crippen LogP contribution in [0.25, 0.3) is 22.0 Å². The summed E-state index contributed by atoms with van der Waals surface area (Å²) in [7, 11) is 1.74. The van der Waals surface area contributed by atoms with E-state index in [0.29, 0.717) is 26.9 Å². The van der Waals surface area contributed by atoms with E-state index in [1.165, 1.54) is 0 Å². The third kappa shape index (κ3) is 4.03. The number of aryl methyl sites for hydroxylation is 1. The topological polar surface area (TPSA) is 60.0 Å². The predicted octanol–water partition coefficient (Wildman–Crippen LogP) is 6.57. The number of halogens is 2. The standard InChI is InChI=1S/C29H25Cl2N3O2/c1-18(2)34-17-32-16-27(34)29(36,20-7-10-22(30)11-8-20)21-9-12-26-25(14-21)24(15-28(35)33(26)3)19-5-4-6-23(31)13-19/h4-18,36H,1-3H3. The summed E-state index contributed by atoms with van der Waals surface area (Å²) < 4.78 is 3.56. The number of benzene rings is 3. The van der Waals surface area contributed by atoms with E-state index in [9.17, 15) is 9.90 Å². The number of fused-ring (bicyclic) bond motifs is 1. The van der Waals surface area contributed by atoms with Gasteiger partial charge in [0.2, 0.25) is 0 Å². The molecular formula is C29H25Cl2N3O2. The lowest BCUT2D eigenvalue weighted by Gasteiger charge is -2.32. The molecule has 2 aromatic heterocycles. The highest BCUT2D eigenvalue weighted by molar-refractivity contribution is 6.31. The van der Waals surface area contributed by atoms with Crippen LogP contribution in [0.15, 0.2) is 90.1 Å². The van der Waals surface area contributed by atoms with E-state index < -0.39 is 5.60 Å². The fourth-order valence-electron chi connectivity index (χ4n) is 4.73. The van der Waals surface area contributed by atoms with Crippen LogP contribution < -0.4 is 5.56 Å². The van der Waals surface area contributed by atoms with Crippen molar-refractivity contribution in [2.75, 3.05) is 0 Å². The number of pyridine rings is 1. The van der Waals surface area contributed by atoms with Crippen molar-refractivity contribution in [3.05, 3.63) is 123 Å². The van der Waals surface area contributed by atoms with E-state index in [-0.39, 0.29) is 11.6 Å². The van der Waals surface area contributed by atoms with Gasteiger partial charge in [-0.15, -0.1) is 0 Å².